The van der Waals surface area contributed by atoms with E-state index in [1.165, 1.54) is 0 Å². The van der Waals surface area contributed by atoms with E-state index in [2.05, 4.69) is 5.32 Å². The summed E-state index contributed by atoms with van der Waals surface area (Å²) in [5.41, 5.74) is 1.80. The lowest BCUT2D eigenvalue weighted by molar-refractivity contribution is -0.142. The van der Waals surface area contributed by atoms with Crippen LogP contribution in [-0.4, -0.2) is 54.7 Å². The van der Waals surface area contributed by atoms with Crippen LogP contribution in [0.1, 0.15) is 17.5 Å². The van der Waals surface area contributed by atoms with Crippen molar-refractivity contribution in [2.45, 2.75) is 25.4 Å². The number of aliphatic hydroxyl groups excluding tert-OH is 1. The molecule has 0 saturated heterocycles. The molecule has 0 radical (unpaired) electrons. The number of rotatable bonds is 13. The molecule has 184 valence electrons. The zero-order valence-corrected chi connectivity index (χ0v) is 19.9. The highest BCUT2D eigenvalue weighted by molar-refractivity contribution is 5.88. The predicted molar refractivity (Wildman–Crippen MR) is 134 cm³/mol. The Morgan fingerprint density at radius 1 is 0.886 bits per heavy atom. The minimum atomic E-state index is -0.759. The summed E-state index contributed by atoms with van der Waals surface area (Å²) in [6.07, 6.45) is 0.784. The molecular weight excluding hydrogens is 444 g/mol. The quantitative estimate of drug-likeness (QED) is 0.370. The molecule has 0 aliphatic carbocycles. The Morgan fingerprint density at radius 3 is 2.17 bits per heavy atom. The maximum atomic E-state index is 13.5. The standard InChI is InChI=1S/C28H32N2O5/c1-34-24-15-13-23(14-16-24)20-30(27(32)21-35-25-11-6-3-7-12-25)26(28(33)29-17-8-18-31)19-22-9-4-2-5-10-22/h2-7,9-16,26,31H,8,17-21H2,1H3,(H,29,33)/t26-/m0/s1. The molecule has 35 heavy (non-hydrogen) atoms. The van der Waals surface area contributed by atoms with E-state index in [9.17, 15) is 9.59 Å². The van der Waals surface area contributed by atoms with E-state index in [0.717, 1.165) is 11.1 Å². The van der Waals surface area contributed by atoms with E-state index in [4.69, 9.17) is 14.6 Å². The molecule has 7 heteroatoms. The van der Waals surface area contributed by atoms with Gasteiger partial charge in [-0.2, -0.15) is 0 Å². The zero-order valence-electron chi connectivity index (χ0n) is 19.9. The molecule has 0 fully saturated rings. The van der Waals surface area contributed by atoms with Crippen LogP contribution >= 0.6 is 0 Å². The second kappa shape index (κ2) is 13.8. The molecule has 7 nitrogen and oxygen atoms in total. The predicted octanol–water partition coefficient (Wildman–Crippen LogP) is 3.21. The maximum absolute atomic E-state index is 13.5. The first-order valence-corrected chi connectivity index (χ1v) is 11.6. The monoisotopic (exact) mass is 476 g/mol. The topological polar surface area (TPSA) is 88.1 Å². The highest BCUT2D eigenvalue weighted by atomic mass is 16.5. The molecule has 3 aromatic carbocycles. The van der Waals surface area contributed by atoms with Crippen molar-refractivity contribution in [3.05, 3.63) is 96.1 Å². The lowest BCUT2D eigenvalue weighted by atomic mass is 10.0. The summed E-state index contributed by atoms with van der Waals surface area (Å²) in [4.78, 5) is 28.3. The maximum Gasteiger partial charge on any atom is 0.261 e. The number of amides is 2. The number of hydrogen-bond donors (Lipinski definition) is 2. The fourth-order valence-electron chi connectivity index (χ4n) is 3.63. The number of aliphatic hydroxyl groups is 1. The molecule has 0 unspecified atom stereocenters. The Kier molecular flexibility index (Phi) is 10.1. The third-order valence-electron chi connectivity index (χ3n) is 5.52. The summed E-state index contributed by atoms with van der Waals surface area (Å²) in [6.45, 7) is 0.329. The number of nitrogens with one attached hydrogen (secondary N) is 1. The molecule has 3 aromatic rings. The van der Waals surface area contributed by atoms with Crippen molar-refractivity contribution >= 4 is 11.8 Å². The van der Waals surface area contributed by atoms with Crippen molar-refractivity contribution in [3.63, 3.8) is 0 Å². The molecule has 0 bridgehead atoms. The number of nitrogens with zero attached hydrogens (tertiary/aromatic N) is 1. The number of ether oxygens (including phenoxy) is 2. The Balaban J connectivity index is 1.87. The molecule has 0 spiro atoms. The number of methoxy groups -OCH3 is 1. The van der Waals surface area contributed by atoms with Gasteiger partial charge >= 0.3 is 0 Å². The van der Waals surface area contributed by atoms with Gasteiger partial charge in [0.05, 0.1) is 7.11 Å². The van der Waals surface area contributed by atoms with Crippen LogP contribution in [-0.2, 0) is 22.6 Å². The van der Waals surface area contributed by atoms with Gasteiger partial charge in [-0.15, -0.1) is 0 Å². The third-order valence-corrected chi connectivity index (χ3v) is 5.52. The Hall–Kier alpha value is -3.84. The average molecular weight is 477 g/mol. The van der Waals surface area contributed by atoms with Crippen LogP contribution in [0.15, 0.2) is 84.9 Å². The van der Waals surface area contributed by atoms with Gasteiger partial charge in [0.2, 0.25) is 5.91 Å². The molecule has 2 amide bonds. The highest BCUT2D eigenvalue weighted by Gasteiger charge is 2.30. The van der Waals surface area contributed by atoms with Gasteiger partial charge in [0, 0.05) is 26.1 Å². The van der Waals surface area contributed by atoms with Crippen LogP contribution in [0.2, 0.25) is 0 Å². The van der Waals surface area contributed by atoms with Gasteiger partial charge in [-0.05, 0) is 41.8 Å². The molecule has 0 aromatic heterocycles. The molecule has 0 heterocycles. The van der Waals surface area contributed by atoms with Gasteiger partial charge in [0.25, 0.3) is 5.91 Å². The minimum absolute atomic E-state index is 0.0248. The lowest BCUT2D eigenvalue weighted by Crippen LogP contribution is -2.51. The summed E-state index contributed by atoms with van der Waals surface area (Å²) in [7, 11) is 1.60. The Labute approximate surface area is 206 Å². The third kappa shape index (κ3) is 8.15. The molecule has 1 atom stereocenters. The van der Waals surface area contributed by atoms with E-state index in [-0.39, 0.29) is 31.6 Å². The molecule has 0 aliphatic rings. The first-order valence-electron chi connectivity index (χ1n) is 11.6. The van der Waals surface area contributed by atoms with E-state index in [1.54, 1.807) is 24.1 Å². The number of benzene rings is 3. The van der Waals surface area contributed by atoms with Gasteiger partial charge in [-0.3, -0.25) is 9.59 Å². The first-order chi connectivity index (χ1) is 17.1. The van der Waals surface area contributed by atoms with Gasteiger partial charge in [-0.25, -0.2) is 0 Å². The average Bonchev–Trinajstić information content (AvgIpc) is 2.91. The van der Waals surface area contributed by atoms with Crippen LogP contribution in [0.3, 0.4) is 0 Å². The van der Waals surface area contributed by atoms with E-state index < -0.39 is 6.04 Å². The SMILES string of the molecule is COc1ccc(CN(C(=O)COc2ccccc2)[C@@H](Cc2ccccc2)C(=O)NCCCO)cc1. The number of carbonyl (C=O) groups excluding carboxylic acids is 2. The van der Waals surface area contributed by atoms with Crippen LogP contribution in [0.5, 0.6) is 11.5 Å². The first kappa shape index (κ1) is 25.8. The summed E-state index contributed by atoms with van der Waals surface area (Å²) in [5, 5.41) is 12.0. The molecule has 0 aliphatic heterocycles. The normalized spacial score (nSPS) is 11.4. The van der Waals surface area contributed by atoms with Crippen LogP contribution in [0.4, 0.5) is 0 Å². The van der Waals surface area contributed by atoms with Crippen molar-refractivity contribution in [3.8, 4) is 11.5 Å². The Morgan fingerprint density at radius 2 is 1.54 bits per heavy atom. The van der Waals surface area contributed by atoms with Crippen molar-refractivity contribution in [1.29, 1.82) is 0 Å². The summed E-state index contributed by atoms with van der Waals surface area (Å²) in [5.74, 6) is 0.714. The van der Waals surface area contributed by atoms with Crippen molar-refractivity contribution in [2.75, 3.05) is 26.9 Å². The van der Waals surface area contributed by atoms with Crippen molar-refractivity contribution in [2.24, 2.45) is 0 Å². The highest BCUT2D eigenvalue weighted by Crippen LogP contribution is 2.18. The van der Waals surface area contributed by atoms with Crippen LogP contribution < -0.4 is 14.8 Å². The van der Waals surface area contributed by atoms with E-state index >= 15 is 0 Å². The minimum Gasteiger partial charge on any atom is -0.497 e. The van der Waals surface area contributed by atoms with Crippen LogP contribution in [0.25, 0.3) is 0 Å². The lowest BCUT2D eigenvalue weighted by Gasteiger charge is -2.31. The van der Waals surface area contributed by atoms with Crippen molar-refractivity contribution in [1.82, 2.24) is 10.2 Å². The van der Waals surface area contributed by atoms with Gasteiger partial charge < -0.3 is 24.8 Å². The molecule has 2 N–H and O–H groups in total. The smallest absolute Gasteiger partial charge is 0.261 e. The van der Waals surface area contributed by atoms with E-state index in [1.807, 2.05) is 72.8 Å². The van der Waals surface area contributed by atoms with Gasteiger partial charge in [0.15, 0.2) is 6.61 Å². The summed E-state index contributed by atoms with van der Waals surface area (Å²) in [6, 6.07) is 25.3. The fourth-order valence-corrected chi connectivity index (χ4v) is 3.63. The van der Waals surface area contributed by atoms with Gasteiger partial charge in [0.1, 0.15) is 17.5 Å². The second-order valence-electron chi connectivity index (χ2n) is 8.05. The zero-order chi connectivity index (χ0) is 24.9. The van der Waals surface area contributed by atoms with Crippen LogP contribution in [0, 0.1) is 0 Å². The number of hydrogen-bond acceptors (Lipinski definition) is 5. The van der Waals surface area contributed by atoms with E-state index in [0.29, 0.717) is 30.9 Å². The summed E-state index contributed by atoms with van der Waals surface area (Å²) < 4.78 is 11.0. The fraction of sp³-hybridized carbons (Fsp3) is 0.286. The Bertz CT molecular complexity index is 1040. The molecule has 0 saturated carbocycles. The number of para-hydroxylation sites is 1. The second-order valence-corrected chi connectivity index (χ2v) is 8.05. The van der Waals surface area contributed by atoms with Crippen molar-refractivity contribution < 1.29 is 24.2 Å². The van der Waals surface area contributed by atoms with Gasteiger partial charge in [-0.1, -0.05) is 60.7 Å². The largest absolute Gasteiger partial charge is 0.497 e. The summed E-state index contributed by atoms with van der Waals surface area (Å²) >= 11 is 0. The number of carbonyl (C=O) groups is 2. The molecule has 3 rings (SSSR count). The molecular formula is C28H32N2O5.